The van der Waals surface area contributed by atoms with Gasteiger partial charge >= 0.3 is 0 Å². The number of nitrogens with zero attached hydrogens (tertiary/aromatic N) is 1. The molecule has 0 radical (unpaired) electrons. The average Bonchev–Trinajstić information content (AvgIpc) is 2.38. The van der Waals surface area contributed by atoms with Gasteiger partial charge in [0.15, 0.2) is 9.84 Å². The zero-order chi connectivity index (χ0) is 15.6. The second kappa shape index (κ2) is 6.36. The van der Waals surface area contributed by atoms with Crippen LogP contribution in [0.15, 0.2) is 23.1 Å². The van der Waals surface area contributed by atoms with E-state index in [1.165, 1.54) is 12.1 Å². The molecule has 0 N–H and O–H groups in total. The third kappa shape index (κ3) is 4.20. The van der Waals surface area contributed by atoms with E-state index in [1.807, 2.05) is 4.90 Å². The molecule has 1 aliphatic rings. The first kappa shape index (κ1) is 16.3. The zero-order valence-electron chi connectivity index (χ0n) is 12.3. The van der Waals surface area contributed by atoms with Crippen molar-refractivity contribution in [2.45, 2.75) is 31.1 Å². The number of carbonyl (C=O) groups is 1. The highest BCUT2D eigenvalue weighted by molar-refractivity contribution is 7.90. The lowest BCUT2D eigenvalue weighted by molar-refractivity contribution is -0.131. The molecule has 0 aliphatic carbocycles. The number of likely N-dealkylation sites (tertiary alicyclic amines) is 1. The molecule has 1 aromatic rings. The molecule has 1 heterocycles. The Labute approximate surface area is 131 Å². The summed E-state index contributed by atoms with van der Waals surface area (Å²) in [5.41, 5.74) is 0.480. The van der Waals surface area contributed by atoms with Gasteiger partial charge in [0.1, 0.15) is 0 Å². The van der Waals surface area contributed by atoms with Crippen molar-refractivity contribution in [2.24, 2.45) is 5.92 Å². The molecule has 0 aromatic heterocycles. The summed E-state index contributed by atoms with van der Waals surface area (Å²) in [4.78, 5) is 14.4. The molecule has 1 fully saturated rings. The van der Waals surface area contributed by atoms with Gasteiger partial charge in [0.2, 0.25) is 5.91 Å². The fourth-order valence-corrected chi connectivity index (χ4v) is 3.70. The Balaban J connectivity index is 2.19. The minimum atomic E-state index is -3.36. The van der Waals surface area contributed by atoms with Gasteiger partial charge in [0, 0.05) is 24.4 Å². The largest absolute Gasteiger partial charge is 0.342 e. The van der Waals surface area contributed by atoms with Gasteiger partial charge in [-0.05, 0) is 42.5 Å². The Bertz CT molecular complexity index is 634. The van der Waals surface area contributed by atoms with Gasteiger partial charge in [-0.25, -0.2) is 8.42 Å². The van der Waals surface area contributed by atoms with Crippen LogP contribution in [0.3, 0.4) is 0 Å². The van der Waals surface area contributed by atoms with Crippen LogP contribution in [0.5, 0.6) is 0 Å². The second-order valence-electron chi connectivity index (χ2n) is 5.76. The summed E-state index contributed by atoms with van der Waals surface area (Å²) >= 11 is 5.94. The molecule has 1 aromatic carbocycles. The van der Waals surface area contributed by atoms with Gasteiger partial charge in [-0.15, -0.1) is 0 Å². The van der Waals surface area contributed by atoms with E-state index in [9.17, 15) is 13.2 Å². The summed E-state index contributed by atoms with van der Waals surface area (Å²) in [6.45, 7) is 3.67. The van der Waals surface area contributed by atoms with Crippen molar-refractivity contribution in [2.75, 3.05) is 19.3 Å². The highest BCUT2D eigenvalue weighted by Crippen LogP contribution is 2.23. The second-order valence-corrected chi connectivity index (χ2v) is 8.18. The predicted octanol–water partition coefficient (Wildman–Crippen LogP) is 2.54. The third-order valence-electron chi connectivity index (χ3n) is 3.90. The van der Waals surface area contributed by atoms with E-state index in [2.05, 4.69) is 6.92 Å². The van der Waals surface area contributed by atoms with Crippen molar-refractivity contribution >= 4 is 27.3 Å². The molecule has 0 bridgehead atoms. The molecule has 1 amide bonds. The molecule has 0 saturated carbocycles. The van der Waals surface area contributed by atoms with Crippen LogP contribution in [0.1, 0.15) is 25.3 Å². The Morgan fingerprint density at radius 2 is 1.95 bits per heavy atom. The smallest absolute Gasteiger partial charge is 0.227 e. The van der Waals surface area contributed by atoms with Gasteiger partial charge < -0.3 is 4.90 Å². The van der Waals surface area contributed by atoms with Gasteiger partial charge in [-0.2, -0.15) is 0 Å². The molecule has 0 spiro atoms. The number of halogens is 1. The van der Waals surface area contributed by atoms with E-state index < -0.39 is 9.84 Å². The molecule has 6 heteroatoms. The van der Waals surface area contributed by atoms with Crippen LogP contribution in [0.4, 0.5) is 0 Å². The lowest BCUT2D eigenvalue weighted by atomic mass is 9.98. The summed E-state index contributed by atoms with van der Waals surface area (Å²) in [5.74, 6) is 0.612. The van der Waals surface area contributed by atoms with Crippen LogP contribution in [0, 0.1) is 5.92 Å². The first-order chi connectivity index (χ1) is 9.77. The van der Waals surface area contributed by atoms with Crippen LogP contribution in [-0.2, 0) is 21.1 Å². The molecule has 116 valence electrons. The molecule has 0 atom stereocenters. The van der Waals surface area contributed by atoms with Gasteiger partial charge in [-0.1, -0.05) is 18.5 Å². The van der Waals surface area contributed by atoms with Crippen LogP contribution in [0.25, 0.3) is 0 Å². The monoisotopic (exact) mass is 329 g/mol. The summed E-state index contributed by atoms with van der Waals surface area (Å²) in [5, 5.41) is 0.442. The highest BCUT2D eigenvalue weighted by atomic mass is 35.5. The normalized spacial score (nSPS) is 17.0. The van der Waals surface area contributed by atoms with Gasteiger partial charge in [0.05, 0.1) is 11.3 Å². The SMILES string of the molecule is CC1CCN(C(=O)Cc2cc(Cl)ccc2S(C)(=O)=O)CC1. The quantitative estimate of drug-likeness (QED) is 0.856. The number of rotatable bonds is 3. The fourth-order valence-electron chi connectivity index (χ4n) is 2.58. The van der Waals surface area contributed by atoms with E-state index in [1.54, 1.807) is 6.07 Å². The minimum absolute atomic E-state index is 0.0333. The number of piperidine rings is 1. The van der Waals surface area contributed by atoms with Crippen molar-refractivity contribution in [3.05, 3.63) is 28.8 Å². The first-order valence-corrected chi connectivity index (χ1v) is 9.30. The molecule has 0 unspecified atom stereocenters. The Kier molecular flexibility index (Phi) is 4.94. The molecule has 2 rings (SSSR count). The molecule has 1 aliphatic heterocycles. The van der Waals surface area contributed by atoms with Crippen LogP contribution >= 0.6 is 11.6 Å². The molecule has 4 nitrogen and oxygen atoms in total. The van der Waals surface area contributed by atoms with E-state index in [0.717, 1.165) is 32.2 Å². The van der Waals surface area contributed by atoms with E-state index in [0.29, 0.717) is 16.5 Å². The number of hydrogen-bond acceptors (Lipinski definition) is 3. The van der Waals surface area contributed by atoms with Gasteiger partial charge in [-0.3, -0.25) is 4.79 Å². The maximum absolute atomic E-state index is 12.4. The molecular formula is C15H20ClNO3S. The number of benzene rings is 1. The van der Waals surface area contributed by atoms with Gasteiger partial charge in [0.25, 0.3) is 0 Å². The standard InChI is InChI=1S/C15H20ClNO3S/c1-11-5-7-17(8-6-11)15(18)10-12-9-13(16)3-4-14(12)21(2,19)20/h3-4,9,11H,5-8,10H2,1-2H3. The van der Waals surface area contributed by atoms with Crippen molar-refractivity contribution < 1.29 is 13.2 Å². The Hall–Kier alpha value is -1.07. The van der Waals surface area contributed by atoms with Crippen LogP contribution in [-0.4, -0.2) is 38.6 Å². The minimum Gasteiger partial charge on any atom is -0.342 e. The Morgan fingerprint density at radius 3 is 2.52 bits per heavy atom. The van der Waals surface area contributed by atoms with Crippen LogP contribution < -0.4 is 0 Å². The predicted molar refractivity (Wildman–Crippen MR) is 83.2 cm³/mol. The molecule has 1 saturated heterocycles. The summed E-state index contributed by atoms with van der Waals surface area (Å²) in [6.07, 6.45) is 3.23. The number of sulfone groups is 1. The lowest BCUT2D eigenvalue weighted by Crippen LogP contribution is -2.38. The summed E-state index contributed by atoms with van der Waals surface area (Å²) in [7, 11) is -3.36. The topological polar surface area (TPSA) is 54.5 Å². The Morgan fingerprint density at radius 1 is 1.33 bits per heavy atom. The van der Waals surface area contributed by atoms with E-state index in [-0.39, 0.29) is 17.2 Å². The summed E-state index contributed by atoms with van der Waals surface area (Å²) in [6, 6.07) is 4.58. The average molecular weight is 330 g/mol. The van der Waals surface area contributed by atoms with Crippen molar-refractivity contribution in [3.63, 3.8) is 0 Å². The number of hydrogen-bond donors (Lipinski definition) is 0. The van der Waals surface area contributed by atoms with Crippen molar-refractivity contribution in [1.29, 1.82) is 0 Å². The highest BCUT2D eigenvalue weighted by Gasteiger charge is 2.22. The first-order valence-electron chi connectivity index (χ1n) is 7.03. The summed E-state index contributed by atoms with van der Waals surface area (Å²) < 4.78 is 23.6. The maximum atomic E-state index is 12.4. The fraction of sp³-hybridized carbons (Fsp3) is 0.533. The van der Waals surface area contributed by atoms with E-state index >= 15 is 0 Å². The maximum Gasteiger partial charge on any atom is 0.227 e. The van der Waals surface area contributed by atoms with Crippen molar-refractivity contribution in [3.8, 4) is 0 Å². The van der Waals surface area contributed by atoms with E-state index in [4.69, 9.17) is 11.6 Å². The molecule has 21 heavy (non-hydrogen) atoms. The zero-order valence-corrected chi connectivity index (χ0v) is 13.9. The third-order valence-corrected chi connectivity index (χ3v) is 5.33. The lowest BCUT2D eigenvalue weighted by Gasteiger charge is -2.30. The molecular weight excluding hydrogens is 310 g/mol. The van der Waals surface area contributed by atoms with Crippen molar-refractivity contribution in [1.82, 2.24) is 4.90 Å². The van der Waals surface area contributed by atoms with Crippen LogP contribution in [0.2, 0.25) is 5.02 Å². The number of amides is 1. The number of carbonyl (C=O) groups excluding carboxylic acids is 1.